The fourth-order valence-corrected chi connectivity index (χ4v) is 4.49. The highest BCUT2D eigenvalue weighted by atomic mass is 32.2. The molecule has 1 N–H and O–H groups in total. The third-order valence-corrected chi connectivity index (χ3v) is 6.37. The summed E-state index contributed by atoms with van der Waals surface area (Å²) in [6.07, 6.45) is 0. The van der Waals surface area contributed by atoms with Crippen LogP contribution in [0.4, 0.5) is 11.6 Å². The topological polar surface area (TPSA) is 121 Å². The molecule has 34 heavy (non-hydrogen) atoms. The molecule has 2 aromatic heterocycles. The second-order valence-electron chi connectivity index (χ2n) is 7.79. The van der Waals surface area contributed by atoms with Gasteiger partial charge < -0.3 is 15.3 Å². The first-order valence-corrected chi connectivity index (χ1v) is 11.9. The van der Waals surface area contributed by atoms with Gasteiger partial charge in [0.05, 0.1) is 27.5 Å². The summed E-state index contributed by atoms with van der Waals surface area (Å²) >= 11 is 0. The van der Waals surface area contributed by atoms with Gasteiger partial charge in [-0.1, -0.05) is 24.3 Å². The van der Waals surface area contributed by atoms with Gasteiger partial charge in [0.25, 0.3) is 5.91 Å². The molecule has 0 fully saturated rings. The Morgan fingerprint density at radius 1 is 0.912 bits per heavy atom. The van der Waals surface area contributed by atoms with Gasteiger partial charge in [0, 0.05) is 11.6 Å². The largest absolute Gasteiger partial charge is 0.363 e. The molecule has 10 heteroatoms. The van der Waals surface area contributed by atoms with Crippen LogP contribution in [0.2, 0.25) is 0 Å². The average Bonchev–Trinajstić information content (AvgIpc) is 3.07. The second-order valence-corrected chi connectivity index (χ2v) is 9.39. The predicted molar refractivity (Wildman–Crippen MR) is 129 cm³/mol. The van der Waals surface area contributed by atoms with Gasteiger partial charge in [0.2, 0.25) is 10.0 Å². The van der Waals surface area contributed by atoms with Crippen LogP contribution in [0, 0.1) is 27.7 Å². The number of hydrogen-bond donors (Lipinski definition) is 1. The fraction of sp³-hybridized carbons (Fsp3) is 0.167. The van der Waals surface area contributed by atoms with Gasteiger partial charge in [0.1, 0.15) is 0 Å². The van der Waals surface area contributed by atoms with E-state index in [9.17, 15) is 13.2 Å². The maximum absolute atomic E-state index is 13.0. The third kappa shape index (κ3) is 4.81. The summed E-state index contributed by atoms with van der Waals surface area (Å²) in [4.78, 5) is 21.0. The lowest BCUT2D eigenvalue weighted by Gasteiger charge is -2.15. The highest BCUT2D eigenvalue weighted by Gasteiger charge is 2.20. The van der Waals surface area contributed by atoms with Crippen molar-refractivity contribution in [1.82, 2.24) is 19.7 Å². The third-order valence-electron chi connectivity index (χ3n) is 5.10. The number of hydrogen-bond acceptors (Lipinski definition) is 6. The van der Waals surface area contributed by atoms with E-state index in [-0.39, 0.29) is 16.8 Å². The van der Waals surface area contributed by atoms with E-state index in [1.807, 2.05) is 37.3 Å². The number of aryl methyl sites for hydroxylation is 3. The summed E-state index contributed by atoms with van der Waals surface area (Å²) in [6.45, 7) is 7.08. The number of benzene rings is 2. The van der Waals surface area contributed by atoms with Crippen LogP contribution in [0.3, 0.4) is 0 Å². The summed E-state index contributed by atoms with van der Waals surface area (Å²) in [5, 5.41) is 7.30. The first-order valence-electron chi connectivity index (χ1n) is 10.5. The Balaban J connectivity index is 1.52. The van der Waals surface area contributed by atoms with Gasteiger partial charge in [-0.05, 0) is 75.5 Å². The predicted octanol–water partition coefficient (Wildman–Crippen LogP) is 4.54. The van der Waals surface area contributed by atoms with Crippen molar-refractivity contribution in [2.75, 3.05) is 5.32 Å². The van der Waals surface area contributed by atoms with E-state index in [0.717, 1.165) is 5.69 Å². The molecule has 2 heterocycles. The number of sulfonamides is 1. The van der Waals surface area contributed by atoms with Crippen molar-refractivity contribution < 1.29 is 13.2 Å². The van der Waals surface area contributed by atoms with Crippen molar-refractivity contribution in [3.05, 3.63) is 93.7 Å². The lowest BCUT2D eigenvalue weighted by atomic mass is 10.1. The van der Waals surface area contributed by atoms with Gasteiger partial charge in [-0.15, -0.1) is 0 Å². The molecule has 0 bridgehead atoms. The van der Waals surface area contributed by atoms with E-state index < -0.39 is 10.0 Å². The second kappa shape index (κ2) is 9.06. The van der Waals surface area contributed by atoms with Crippen molar-refractivity contribution in [3.63, 3.8) is 0 Å². The molecule has 9 nitrogen and oxygen atoms in total. The molecule has 4 rings (SSSR count). The van der Waals surface area contributed by atoms with Gasteiger partial charge >= 0.3 is 0 Å². The molecule has 0 aliphatic rings. The summed E-state index contributed by atoms with van der Waals surface area (Å²) < 4.78 is 30.8. The summed E-state index contributed by atoms with van der Waals surface area (Å²) in [7, 11) is -4.01. The van der Waals surface area contributed by atoms with Gasteiger partial charge in [-0.3, -0.25) is 9.52 Å². The van der Waals surface area contributed by atoms with E-state index >= 15 is 0 Å². The molecule has 0 atom stereocenters. The van der Waals surface area contributed by atoms with Crippen LogP contribution >= 0.6 is 0 Å². The maximum atomic E-state index is 13.0. The number of nitrogens with one attached hydrogen (secondary N) is 1. The Morgan fingerprint density at radius 3 is 2.15 bits per heavy atom. The van der Waals surface area contributed by atoms with Crippen LogP contribution in [0.25, 0.3) is 10.4 Å². The monoisotopic (exact) mass is 475 g/mol. The molecule has 174 valence electrons. The number of amides is 1. The fourth-order valence-electron chi connectivity index (χ4n) is 3.60. The number of carbonyl (C=O) groups is 1. The molecule has 0 spiro atoms. The van der Waals surface area contributed by atoms with Gasteiger partial charge in [-0.25, -0.2) is 13.1 Å². The molecule has 0 saturated carbocycles. The lowest BCUT2D eigenvalue weighted by Crippen LogP contribution is -2.14. The zero-order valence-electron chi connectivity index (χ0n) is 19.1. The number of aromatic nitrogens is 4. The molecular formula is C24H23N6O3S-. The van der Waals surface area contributed by atoms with Crippen LogP contribution in [0.15, 0.2) is 65.6 Å². The number of anilines is 1. The number of rotatable bonds is 6. The summed E-state index contributed by atoms with van der Waals surface area (Å²) in [6, 6.07) is 17.0. The minimum absolute atomic E-state index is 0.0301. The molecule has 0 radical (unpaired) electrons. The van der Waals surface area contributed by atoms with Crippen LogP contribution in [-0.2, 0) is 10.0 Å². The van der Waals surface area contributed by atoms with Crippen LogP contribution < -0.4 is 5.32 Å². The minimum atomic E-state index is -4.01. The first kappa shape index (κ1) is 23.1. The summed E-state index contributed by atoms with van der Waals surface area (Å²) in [5.74, 6) is -0.447. The van der Waals surface area contributed by atoms with Crippen LogP contribution in [0.5, 0.6) is 0 Å². The van der Waals surface area contributed by atoms with Crippen molar-refractivity contribution >= 4 is 27.6 Å². The molecule has 0 saturated heterocycles. The number of para-hydroxylation sites is 1. The molecule has 0 aliphatic heterocycles. The molecule has 0 unspecified atom stereocenters. The van der Waals surface area contributed by atoms with E-state index in [0.29, 0.717) is 34.0 Å². The molecule has 4 aromatic rings. The number of carbonyl (C=O) groups excluding carboxylic acids is 1. The molecule has 1 amide bonds. The average molecular weight is 476 g/mol. The van der Waals surface area contributed by atoms with Gasteiger partial charge in [0.15, 0.2) is 0 Å². The minimum Gasteiger partial charge on any atom is -0.363 e. The van der Waals surface area contributed by atoms with Crippen molar-refractivity contribution in [3.8, 4) is 5.69 Å². The zero-order valence-corrected chi connectivity index (χ0v) is 20.0. The highest BCUT2D eigenvalue weighted by Crippen LogP contribution is 2.26. The van der Waals surface area contributed by atoms with Crippen LogP contribution in [-0.4, -0.2) is 34.1 Å². The molecule has 0 aliphatic carbocycles. The van der Waals surface area contributed by atoms with E-state index in [4.69, 9.17) is 0 Å². The lowest BCUT2D eigenvalue weighted by molar-refractivity contribution is 0.102. The quantitative estimate of drug-likeness (QED) is 0.437. The Morgan fingerprint density at radius 2 is 1.53 bits per heavy atom. The van der Waals surface area contributed by atoms with Gasteiger partial charge in [-0.2, -0.15) is 5.10 Å². The SMILES string of the molecule is Cc1cc(C)nc([N-]S(=O)(=O)c2ccc(NC(=O)c3c(C)nn(-c4ccccc4)c3C)cc2)n1. The Kier molecular flexibility index (Phi) is 6.16. The van der Waals surface area contributed by atoms with E-state index in [1.165, 1.54) is 24.3 Å². The maximum Gasteiger partial charge on any atom is 0.259 e. The van der Waals surface area contributed by atoms with Crippen molar-refractivity contribution in [2.24, 2.45) is 0 Å². The Bertz CT molecular complexity index is 1440. The molecule has 2 aromatic carbocycles. The highest BCUT2D eigenvalue weighted by molar-refractivity contribution is 7.94. The smallest absolute Gasteiger partial charge is 0.259 e. The first-order chi connectivity index (χ1) is 16.1. The van der Waals surface area contributed by atoms with Crippen LogP contribution in [0.1, 0.15) is 33.1 Å². The van der Waals surface area contributed by atoms with Crippen molar-refractivity contribution in [1.29, 1.82) is 0 Å². The Labute approximate surface area is 197 Å². The summed E-state index contributed by atoms with van der Waals surface area (Å²) in [5.41, 5.74) is 4.30. The standard InChI is InChI=1S/C24H24N6O3S/c1-15-14-16(2)26-24(25-15)29-34(32,33)21-12-10-19(11-13-21)27-23(31)22-17(3)28-30(18(22)4)20-8-6-5-7-9-20/h5-14H,1-4H3,(H2,25,26,27,29,31)/p-1. The van der Waals surface area contributed by atoms with Crippen molar-refractivity contribution in [2.45, 2.75) is 32.6 Å². The van der Waals surface area contributed by atoms with E-state index in [2.05, 4.69) is 25.1 Å². The molecular weight excluding hydrogens is 452 g/mol. The normalized spacial score (nSPS) is 11.3. The Hall–Kier alpha value is -4.05. The zero-order chi connectivity index (χ0) is 24.5. The van der Waals surface area contributed by atoms with E-state index in [1.54, 1.807) is 31.5 Å². The number of nitrogens with zero attached hydrogens (tertiary/aromatic N) is 5.